The largest absolute Gasteiger partial charge is 0.328 e. The van der Waals surface area contributed by atoms with Crippen molar-refractivity contribution in [1.82, 2.24) is 0 Å². The molecule has 0 saturated heterocycles. The van der Waals surface area contributed by atoms with E-state index in [1.54, 1.807) is 0 Å². The first-order valence-electron chi connectivity index (χ1n) is 5.67. The van der Waals surface area contributed by atoms with Gasteiger partial charge in [-0.2, -0.15) is 0 Å². The van der Waals surface area contributed by atoms with E-state index in [2.05, 4.69) is 27.7 Å². The van der Waals surface area contributed by atoms with Gasteiger partial charge in [0.1, 0.15) is 0 Å². The molecule has 1 nitrogen and oxygen atoms in total. The summed E-state index contributed by atoms with van der Waals surface area (Å²) >= 11 is 0. The van der Waals surface area contributed by atoms with Crippen molar-refractivity contribution in [2.75, 3.05) is 0 Å². The van der Waals surface area contributed by atoms with Crippen LogP contribution in [0.1, 0.15) is 53.4 Å². The zero-order chi connectivity index (χ0) is 10.1. The zero-order valence-corrected chi connectivity index (χ0v) is 9.64. The fourth-order valence-electron chi connectivity index (χ4n) is 2.51. The molecule has 1 heteroatoms. The van der Waals surface area contributed by atoms with Gasteiger partial charge < -0.3 is 5.73 Å². The first-order chi connectivity index (χ1) is 5.91. The molecule has 1 aliphatic rings. The summed E-state index contributed by atoms with van der Waals surface area (Å²) in [6.45, 7) is 9.25. The molecular weight excluding hydrogens is 158 g/mol. The van der Waals surface area contributed by atoms with Crippen molar-refractivity contribution in [2.45, 2.75) is 59.4 Å². The highest BCUT2D eigenvalue weighted by Crippen LogP contribution is 2.40. The summed E-state index contributed by atoms with van der Waals surface area (Å²) in [6.07, 6.45) is 5.46. The maximum Gasteiger partial charge on any atom is 0.00387 e. The second-order valence-electron chi connectivity index (χ2n) is 5.84. The van der Waals surface area contributed by atoms with Gasteiger partial charge in [0.05, 0.1) is 0 Å². The van der Waals surface area contributed by atoms with Crippen LogP contribution >= 0.6 is 0 Å². The lowest BCUT2D eigenvalue weighted by molar-refractivity contribution is 0.142. The molecule has 1 rings (SSSR count). The molecule has 0 amide bonds. The topological polar surface area (TPSA) is 26.0 Å². The van der Waals surface area contributed by atoms with Crippen molar-refractivity contribution in [1.29, 1.82) is 0 Å². The predicted molar refractivity (Wildman–Crippen MR) is 58.6 cm³/mol. The minimum Gasteiger partial charge on any atom is -0.328 e. The number of nitrogens with two attached hydrogens (primary N) is 1. The summed E-state index contributed by atoms with van der Waals surface area (Å²) in [6, 6.07) is 0.404. The van der Waals surface area contributed by atoms with Gasteiger partial charge in [-0.25, -0.2) is 0 Å². The minimum atomic E-state index is 0.404. The predicted octanol–water partition coefficient (Wildman–Crippen LogP) is 3.19. The van der Waals surface area contributed by atoms with Crippen LogP contribution in [0.4, 0.5) is 0 Å². The van der Waals surface area contributed by atoms with Crippen molar-refractivity contribution in [3.05, 3.63) is 0 Å². The van der Waals surface area contributed by atoms with Gasteiger partial charge >= 0.3 is 0 Å². The Hall–Kier alpha value is -0.0400. The molecule has 0 spiro atoms. The lowest BCUT2D eigenvalue weighted by Gasteiger charge is -2.38. The second-order valence-corrected chi connectivity index (χ2v) is 5.84. The van der Waals surface area contributed by atoms with Crippen LogP contribution in [0.3, 0.4) is 0 Å². The molecule has 0 aromatic rings. The molecule has 78 valence electrons. The monoisotopic (exact) mass is 183 g/mol. The SMILES string of the molecule is C[C@@H](N)C1CCC(C(C)(C)C)CC1. The fraction of sp³-hybridized carbons (Fsp3) is 1.00. The smallest absolute Gasteiger partial charge is 0.00387 e. The van der Waals surface area contributed by atoms with Crippen LogP contribution in [-0.2, 0) is 0 Å². The van der Waals surface area contributed by atoms with Gasteiger partial charge in [-0.05, 0) is 49.9 Å². The molecule has 1 fully saturated rings. The molecule has 2 N–H and O–H groups in total. The Kier molecular flexibility index (Phi) is 3.39. The zero-order valence-electron chi connectivity index (χ0n) is 9.64. The van der Waals surface area contributed by atoms with Gasteiger partial charge in [-0.3, -0.25) is 0 Å². The Bertz CT molecular complexity index is 147. The molecule has 0 aromatic carbocycles. The summed E-state index contributed by atoms with van der Waals surface area (Å²) in [4.78, 5) is 0. The molecule has 0 radical (unpaired) electrons. The quantitative estimate of drug-likeness (QED) is 0.664. The Morgan fingerprint density at radius 3 is 1.85 bits per heavy atom. The van der Waals surface area contributed by atoms with E-state index in [0.29, 0.717) is 11.5 Å². The fourth-order valence-corrected chi connectivity index (χ4v) is 2.51. The Labute approximate surface area is 83.1 Å². The van der Waals surface area contributed by atoms with Crippen LogP contribution in [0.5, 0.6) is 0 Å². The standard InChI is InChI=1S/C12H25N/c1-9(13)10-5-7-11(8-6-10)12(2,3)4/h9-11H,5-8,13H2,1-4H3/t9-,10?,11?/m1/s1. The van der Waals surface area contributed by atoms with Gasteiger partial charge in [-0.15, -0.1) is 0 Å². The Morgan fingerprint density at radius 1 is 1.08 bits per heavy atom. The maximum absolute atomic E-state index is 5.92. The second kappa shape index (κ2) is 4.00. The third-order valence-electron chi connectivity index (χ3n) is 3.74. The molecule has 0 unspecified atom stereocenters. The van der Waals surface area contributed by atoms with E-state index in [0.717, 1.165) is 11.8 Å². The third-order valence-corrected chi connectivity index (χ3v) is 3.74. The molecule has 13 heavy (non-hydrogen) atoms. The van der Waals surface area contributed by atoms with Crippen LogP contribution in [0, 0.1) is 17.3 Å². The maximum atomic E-state index is 5.92. The normalized spacial score (nSPS) is 33.0. The van der Waals surface area contributed by atoms with Gasteiger partial charge in [0.2, 0.25) is 0 Å². The molecule has 0 aromatic heterocycles. The van der Waals surface area contributed by atoms with E-state index < -0.39 is 0 Å². The molecule has 1 aliphatic carbocycles. The van der Waals surface area contributed by atoms with Crippen molar-refractivity contribution < 1.29 is 0 Å². The van der Waals surface area contributed by atoms with Crippen molar-refractivity contribution in [3.8, 4) is 0 Å². The van der Waals surface area contributed by atoms with E-state index in [1.807, 2.05) is 0 Å². The van der Waals surface area contributed by atoms with Crippen LogP contribution in [-0.4, -0.2) is 6.04 Å². The lowest BCUT2D eigenvalue weighted by atomic mass is 9.69. The van der Waals surface area contributed by atoms with Gasteiger partial charge in [0, 0.05) is 6.04 Å². The summed E-state index contributed by atoms with van der Waals surface area (Å²) in [5.74, 6) is 1.71. The van der Waals surface area contributed by atoms with Gasteiger partial charge in [0.15, 0.2) is 0 Å². The van der Waals surface area contributed by atoms with Crippen molar-refractivity contribution >= 4 is 0 Å². The Balaban J connectivity index is 2.39. The molecule has 0 bridgehead atoms. The minimum absolute atomic E-state index is 0.404. The first-order valence-corrected chi connectivity index (χ1v) is 5.67. The van der Waals surface area contributed by atoms with E-state index >= 15 is 0 Å². The number of rotatable bonds is 1. The lowest BCUT2D eigenvalue weighted by Crippen LogP contribution is -2.33. The van der Waals surface area contributed by atoms with Gasteiger partial charge in [0.25, 0.3) is 0 Å². The molecule has 0 heterocycles. The molecule has 1 atom stereocenters. The van der Waals surface area contributed by atoms with E-state index in [9.17, 15) is 0 Å². The summed E-state index contributed by atoms with van der Waals surface area (Å²) < 4.78 is 0. The van der Waals surface area contributed by atoms with E-state index in [4.69, 9.17) is 5.73 Å². The highest BCUT2D eigenvalue weighted by Gasteiger charge is 2.30. The van der Waals surface area contributed by atoms with Gasteiger partial charge in [-0.1, -0.05) is 20.8 Å². The average molecular weight is 183 g/mol. The van der Waals surface area contributed by atoms with Crippen molar-refractivity contribution in [2.24, 2.45) is 23.0 Å². The highest BCUT2D eigenvalue weighted by molar-refractivity contribution is 4.82. The van der Waals surface area contributed by atoms with E-state index in [-0.39, 0.29) is 0 Å². The van der Waals surface area contributed by atoms with E-state index in [1.165, 1.54) is 25.7 Å². The van der Waals surface area contributed by atoms with Crippen LogP contribution < -0.4 is 5.73 Å². The van der Waals surface area contributed by atoms with Crippen LogP contribution in [0.15, 0.2) is 0 Å². The Morgan fingerprint density at radius 2 is 1.54 bits per heavy atom. The highest BCUT2D eigenvalue weighted by atomic mass is 14.6. The summed E-state index contributed by atoms with van der Waals surface area (Å²) in [5, 5.41) is 0. The molecule has 0 aliphatic heterocycles. The summed E-state index contributed by atoms with van der Waals surface area (Å²) in [5.41, 5.74) is 6.42. The molecular formula is C12H25N. The van der Waals surface area contributed by atoms with Crippen LogP contribution in [0.25, 0.3) is 0 Å². The third kappa shape index (κ3) is 2.98. The average Bonchev–Trinajstić information content (AvgIpc) is 2.03. The number of hydrogen-bond donors (Lipinski definition) is 1. The summed E-state index contributed by atoms with van der Waals surface area (Å²) in [7, 11) is 0. The van der Waals surface area contributed by atoms with Crippen LogP contribution in [0.2, 0.25) is 0 Å². The first kappa shape index (κ1) is 11.0. The number of hydrogen-bond acceptors (Lipinski definition) is 1. The molecule has 1 saturated carbocycles. The van der Waals surface area contributed by atoms with Crippen molar-refractivity contribution in [3.63, 3.8) is 0 Å².